The van der Waals surface area contributed by atoms with E-state index in [1.807, 2.05) is 14.1 Å². The molecule has 0 fully saturated rings. The first-order valence-electron chi connectivity index (χ1n) is 8.40. The Balaban J connectivity index is 0.000000396. The monoisotopic (exact) mass is 441 g/mol. The number of halogens is 3. The quantitative estimate of drug-likeness (QED) is 0.421. The molecule has 1 aromatic heterocycles. The maximum atomic E-state index is 11.5. The summed E-state index contributed by atoms with van der Waals surface area (Å²) < 4.78 is 32.7. The van der Waals surface area contributed by atoms with E-state index < -0.39 is 18.1 Å². The van der Waals surface area contributed by atoms with Crippen LogP contribution >= 0.6 is 11.3 Å². The van der Waals surface area contributed by atoms with Crippen LogP contribution in [0, 0.1) is 0 Å². The van der Waals surface area contributed by atoms with Gasteiger partial charge in [-0.1, -0.05) is 24.3 Å². The van der Waals surface area contributed by atoms with Crippen LogP contribution in [0.3, 0.4) is 0 Å². The van der Waals surface area contributed by atoms with E-state index in [0.717, 1.165) is 27.3 Å². The fraction of sp³-hybridized carbons (Fsp3) is 0.211. The first kappa shape index (κ1) is 23.3. The van der Waals surface area contributed by atoms with Gasteiger partial charge in [0.2, 0.25) is 0 Å². The average Bonchev–Trinajstić information content (AvgIpc) is 3.10. The van der Waals surface area contributed by atoms with Crippen molar-refractivity contribution in [2.45, 2.75) is 12.7 Å². The highest BCUT2D eigenvalue weighted by Crippen LogP contribution is 2.31. The standard InChI is InChI=1S/C17H17N3O2S.C2HF3O2/c1-20(2)10-11-3-5-12(6-4-11)17-18-14-8-7-13(16(21)19-22)9-15(14)23-17;3-2(4,5)1(6)7/h3-9,22H,10H2,1-2H3,(H,19,21);(H,6,7). The number of rotatable bonds is 4. The summed E-state index contributed by atoms with van der Waals surface area (Å²) in [6, 6.07) is 13.5. The molecular formula is C19H18F3N3O4S. The number of nitrogens with one attached hydrogen (secondary N) is 1. The number of carboxylic acids is 1. The zero-order valence-corrected chi connectivity index (χ0v) is 16.7. The lowest BCUT2D eigenvalue weighted by atomic mass is 10.1. The van der Waals surface area contributed by atoms with Crippen molar-refractivity contribution in [2.24, 2.45) is 0 Å². The van der Waals surface area contributed by atoms with Crippen molar-refractivity contribution in [1.82, 2.24) is 15.4 Å². The Bertz CT molecular complexity index is 1030. The molecule has 0 aliphatic heterocycles. The molecule has 1 amide bonds. The van der Waals surface area contributed by atoms with Crippen molar-refractivity contribution < 1.29 is 33.1 Å². The highest BCUT2D eigenvalue weighted by atomic mass is 32.1. The molecule has 0 aliphatic carbocycles. The molecule has 0 radical (unpaired) electrons. The van der Waals surface area contributed by atoms with Gasteiger partial charge in [0.25, 0.3) is 5.91 Å². The number of amides is 1. The van der Waals surface area contributed by atoms with E-state index in [9.17, 15) is 18.0 Å². The van der Waals surface area contributed by atoms with Crippen LogP contribution in [0.4, 0.5) is 13.2 Å². The van der Waals surface area contributed by atoms with Gasteiger partial charge in [-0.2, -0.15) is 13.2 Å². The zero-order valence-electron chi connectivity index (χ0n) is 15.9. The summed E-state index contributed by atoms with van der Waals surface area (Å²) in [4.78, 5) is 27.1. The summed E-state index contributed by atoms with van der Waals surface area (Å²) in [5.41, 5.74) is 5.21. The zero-order chi connectivity index (χ0) is 22.5. The third kappa shape index (κ3) is 6.24. The van der Waals surface area contributed by atoms with Gasteiger partial charge in [-0.05, 0) is 37.9 Å². The number of carbonyl (C=O) groups excluding carboxylic acids is 1. The maximum Gasteiger partial charge on any atom is 0.490 e. The number of hydrogen-bond donors (Lipinski definition) is 3. The van der Waals surface area contributed by atoms with Crippen molar-refractivity contribution in [1.29, 1.82) is 0 Å². The summed E-state index contributed by atoms with van der Waals surface area (Å²) in [7, 11) is 4.09. The molecule has 0 aliphatic rings. The minimum atomic E-state index is -5.08. The molecule has 7 nitrogen and oxygen atoms in total. The van der Waals surface area contributed by atoms with E-state index in [4.69, 9.17) is 15.1 Å². The molecule has 11 heteroatoms. The van der Waals surface area contributed by atoms with Crippen LogP contribution < -0.4 is 5.48 Å². The number of benzene rings is 2. The molecule has 2 aromatic carbocycles. The maximum absolute atomic E-state index is 11.5. The fourth-order valence-electron chi connectivity index (χ4n) is 2.37. The van der Waals surface area contributed by atoms with Gasteiger partial charge in [0.15, 0.2) is 0 Å². The molecule has 1 heterocycles. The van der Waals surface area contributed by atoms with Crippen molar-refractivity contribution in [3.63, 3.8) is 0 Å². The molecule has 3 N–H and O–H groups in total. The number of carbonyl (C=O) groups is 2. The van der Waals surface area contributed by atoms with E-state index in [-0.39, 0.29) is 0 Å². The summed E-state index contributed by atoms with van der Waals surface area (Å²) in [6.07, 6.45) is -5.08. The second kappa shape index (κ2) is 9.65. The van der Waals surface area contributed by atoms with Crippen LogP contribution in [0.5, 0.6) is 0 Å². The number of hydrogen-bond acceptors (Lipinski definition) is 6. The fourth-order valence-corrected chi connectivity index (χ4v) is 3.38. The molecule has 3 rings (SSSR count). The first-order valence-corrected chi connectivity index (χ1v) is 9.22. The van der Waals surface area contributed by atoms with Crippen molar-refractivity contribution in [3.8, 4) is 10.6 Å². The number of aliphatic carboxylic acids is 1. The third-order valence-electron chi connectivity index (χ3n) is 3.69. The number of thiazole rings is 1. The molecule has 0 saturated carbocycles. The van der Waals surface area contributed by atoms with Crippen LogP contribution in [-0.2, 0) is 11.3 Å². The van der Waals surface area contributed by atoms with Crippen LogP contribution in [0.2, 0.25) is 0 Å². The van der Waals surface area contributed by atoms with Crippen LogP contribution in [0.15, 0.2) is 42.5 Å². The van der Waals surface area contributed by atoms with Gasteiger partial charge in [0, 0.05) is 17.7 Å². The van der Waals surface area contributed by atoms with E-state index >= 15 is 0 Å². The second-order valence-electron chi connectivity index (χ2n) is 6.38. The SMILES string of the molecule is CN(C)Cc1ccc(-c2nc3ccc(C(=O)NO)cc3s2)cc1.O=C(O)C(F)(F)F. The molecule has 0 saturated heterocycles. The van der Waals surface area contributed by atoms with Crippen molar-refractivity contribution in [2.75, 3.05) is 14.1 Å². The molecule has 0 atom stereocenters. The number of fused-ring (bicyclic) bond motifs is 1. The second-order valence-corrected chi connectivity index (χ2v) is 7.41. The molecule has 0 spiro atoms. The predicted molar refractivity (Wildman–Crippen MR) is 105 cm³/mol. The highest BCUT2D eigenvalue weighted by molar-refractivity contribution is 7.21. The van der Waals surface area contributed by atoms with Crippen molar-refractivity contribution >= 4 is 33.4 Å². The largest absolute Gasteiger partial charge is 0.490 e. The minimum Gasteiger partial charge on any atom is -0.475 e. The van der Waals surface area contributed by atoms with E-state index in [1.54, 1.807) is 23.7 Å². The van der Waals surface area contributed by atoms with Gasteiger partial charge in [-0.3, -0.25) is 10.0 Å². The number of nitrogens with zero attached hydrogens (tertiary/aromatic N) is 2. The predicted octanol–water partition coefficient (Wildman–Crippen LogP) is 3.78. The summed E-state index contributed by atoms with van der Waals surface area (Å²) >= 11 is 1.53. The van der Waals surface area contributed by atoms with Crippen molar-refractivity contribution in [3.05, 3.63) is 53.6 Å². The molecular weight excluding hydrogens is 423 g/mol. The van der Waals surface area contributed by atoms with Crippen LogP contribution in [-0.4, -0.2) is 52.3 Å². The summed E-state index contributed by atoms with van der Waals surface area (Å²) in [6.45, 7) is 0.903. The lowest BCUT2D eigenvalue weighted by molar-refractivity contribution is -0.192. The lowest BCUT2D eigenvalue weighted by Crippen LogP contribution is -2.21. The van der Waals surface area contributed by atoms with Crippen LogP contribution in [0.1, 0.15) is 15.9 Å². The highest BCUT2D eigenvalue weighted by Gasteiger charge is 2.38. The number of carboxylic acid groups (broad SMARTS) is 1. The van der Waals surface area contributed by atoms with Gasteiger partial charge >= 0.3 is 12.1 Å². The van der Waals surface area contributed by atoms with E-state index in [1.165, 1.54) is 16.9 Å². The molecule has 0 unspecified atom stereocenters. The smallest absolute Gasteiger partial charge is 0.475 e. The number of hydroxylamine groups is 1. The van der Waals surface area contributed by atoms with Gasteiger partial charge in [0.05, 0.1) is 10.2 Å². The van der Waals surface area contributed by atoms with Gasteiger partial charge in [0.1, 0.15) is 5.01 Å². The Morgan fingerprint density at radius 2 is 1.73 bits per heavy atom. The topological polar surface area (TPSA) is 103 Å². The summed E-state index contributed by atoms with van der Waals surface area (Å²) in [5.74, 6) is -3.28. The third-order valence-corrected chi connectivity index (χ3v) is 4.76. The minimum absolute atomic E-state index is 0.413. The van der Waals surface area contributed by atoms with Gasteiger partial charge in [-0.25, -0.2) is 15.3 Å². The van der Waals surface area contributed by atoms with Gasteiger partial charge < -0.3 is 10.0 Å². The first-order chi connectivity index (χ1) is 14.0. The van der Waals surface area contributed by atoms with Crippen LogP contribution in [0.25, 0.3) is 20.8 Å². The Labute approximate surface area is 173 Å². The number of alkyl halides is 3. The molecule has 3 aromatic rings. The average molecular weight is 441 g/mol. The van der Waals surface area contributed by atoms with E-state index in [0.29, 0.717) is 5.56 Å². The number of aromatic nitrogens is 1. The molecule has 30 heavy (non-hydrogen) atoms. The van der Waals surface area contributed by atoms with E-state index in [2.05, 4.69) is 34.1 Å². The Morgan fingerprint density at radius 3 is 2.23 bits per heavy atom. The molecule has 160 valence electrons. The Morgan fingerprint density at radius 1 is 1.13 bits per heavy atom. The normalized spacial score (nSPS) is 11.2. The van der Waals surface area contributed by atoms with Gasteiger partial charge in [-0.15, -0.1) is 11.3 Å². The Kier molecular flexibility index (Phi) is 7.48. The summed E-state index contributed by atoms with van der Waals surface area (Å²) in [5, 5.41) is 16.8. The molecule has 0 bridgehead atoms. The lowest BCUT2D eigenvalue weighted by Gasteiger charge is -2.09. The Hall–Kier alpha value is -3.02.